The van der Waals surface area contributed by atoms with E-state index in [0.717, 1.165) is 43.4 Å². The van der Waals surface area contributed by atoms with Crippen molar-refractivity contribution in [2.45, 2.75) is 18.7 Å². The number of nitrogen functional groups attached to an aromatic ring is 1. The first-order chi connectivity index (χ1) is 13.5. The molecule has 1 saturated heterocycles. The van der Waals surface area contributed by atoms with Crippen LogP contribution in [0.2, 0.25) is 0 Å². The van der Waals surface area contributed by atoms with Gasteiger partial charge in [-0.3, -0.25) is 0 Å². The van der Waals surface area contributed by atoms with Crippen LogP contribution in [0.5, 0.6) is 5.75 Å². The van der Waals surface area contributed by atoms with Gasteiger partial charge in [0.1, 0.15) is 11.6 Å². The molecule has 1 aliphatic rings. The number of terminal acetylenes is 1. The van der Waals surface area contributed by atoms with Crippen molar-refractivity contribution in [1.82, 2.24) is 9.29 Å². The minimum Gasteiger partial charge on any atom is -0.508 e. The topological polar surface area (TPSA) is 74.9 Å². The van der Waals surface area contributed by atoms with Gasteiger partial charge in [0.25, 0.3) is 0 Å². The van der Waals surface area contributed by atoms with E-state index in [1.807, 2.05) is 37.4 Å². The minimum atomic E-state index is 0.309. The van der Waals surface area contributed by atoms with Gasteiger partial charge >= 0.3 is 0 Å². The highest BCUT2D eigenvalue weighted by molar-refractivity contribution is 7.97. The van der Waals surface area contributed by atoms with Crippen molar-refractivity contribution in [1.29, 1.82) is 0 Å². The molecule has 1 aliphatic heterocycles. The summed E-state index contributed by atoms with van der Waals surface area (Å²) < 4.78 is 6.88. The number of ether oxygens (including phenoxy) is 1. The van der Waals surface area contributed by atoms with Crippen LogP contribution in [0, 0.1) is 12.3 Å². The standard InChI is InChI=1S/C15H18N4OS.C3H8O.C3H4/c16-15-6-5-14(11-17-15)21-19-9-7-18(8-10-19)12-1-3-13(20)4-2-12;1-3-4-2;1-3-2/h1-6,11,20H,7-10H2,(H2,16,17);3H2,1-2H3;1H,2H3. The number of benzene rings is 1. The number of pyridine rings is 1. The first kappa shape index (κ1) is 23.6. The molecule has 7 heteroatoms. The minimum absolute atomic E-state index is 0.309. The van der Waals surface area contributed by atoms with Crippen molar-refractivity contribution in [3.05, 3.63) is 42.6 Å². The lowest BCUT2D eigenvalue weighted by molar-refractivity contribution is 0.215. The third-order valence-electron chi connectivity index (χ3n) is 3.74. The lowest BCUT2D eigenvalue weighted by Gasteiger charge is -2.35. The van der Waals surface area contributed by atoms with E-state index in [-0.39, 0.29) is 0 Å². The van der Waals surface area contributed by atoms with Crippen LogP contribution in [0.1, 0.15) is 13.8 Å². The molecule has 0 bridgehead atoms. The van der Waals surface area contributed by atoms with Gasteiger partial charge in [-0.05, 0) is 62.2 Å². The number of methoxy groups -OCH3 is 1. The van der Waals surface area contributed by atoms with Crippen LogP contribution in [-0.4, -0.2) is 54.3 Å². The number of phenols is 1. The average molecular weight is 403 g/mol. The molecule has 0 atom stereocenters. The van der Waals surface area contributed by atoms with E-state index in [9.17, 15) is 5.11 Å². The van der Waals surface area contributed by atoms with E-state index in [0.29, 0.717) is 11.6 Å². The molecule has 0 amide bonds. The third kappa shape index (κ3) is 9.00. The summed E-state index contributed by atoms with van der Waals surface area (Å²) in [7, 11) is 1.68. The first-order valence-corrected chi connectivity index (χ1v) is 9.86. The molecule has 2 aromatic rings. The number of phenolic OH excluding ortho intramolecular Hbond substituents is 1. The molecule has 1 aromatic carbocycles. The van der Waals surface area contributed by atoms with Gasteiger partial charge in [0.2, 0.25) is 0 Å². The van der Waals surface area contributed by atoms with Crippen molar-refractivity contribution in [2.24, 2.45) is 0 Å². The van der Waals surface area contributed by atoms with Crippen LogP contribution >= 0.6 is 11.9 Å². The van der Waals surface area contributed by atoms with E-state index in [1.54, 1.807) is 38.1 Å². The molecular formula is C21H30N4O2S. The zero-order chi connectivity index (χ0) is 20.8. The Hall–Kier alpha value is -2.40. The smallest absolute Gasteiger partial charge is 0.123 e. The Bertz CT molecular complexity index is 692. The van der Waals surface area contributed by atoms with Crippen molar-refractivity contribution in [3.63, 3.8) is 0 Å². The Morgan fingerprint density at radius 2 is 1.75 bits per heavy atom. The highest BCUT2D eigenvalue weighted by Gasteiger charge is 2.18. The molecule has 0 saturated carbocycles. The van der Waals surface area contributed by atoms with Gasteiger partial charge in [0, 0.05) is 56.7 Å². The second-order valence-corrected chi connectivity index (χ2v) is 6.98. The molecule has 0 spiro atoms. The Morgan fingerprint density at radius 1 is 1.18 bits per heavy atom. The third-order valence-corrected chi connectivity index (χ3v) is 4.81. The average Bonchev–Trinajstić information content (AvgIpc) is 2.72. The van der Waals surface area contributed by atoms with Crippen LogP contribution in [0.3, 0.4) is 0 Å². The van der Waals surface area contributed by atoms with Crippen LogP contribution in [0.15, 0.2) is 47.5 Å². The summed E-state index contributed by atoms with van der Waals surface area (Å²) >= 11 is 1.72. The van der Waals surface area contributed by atoms with Gasteiger partial charge in [-0.1, -0.05) is 0 Å². The molecule has 0 unspecified atom stereocenters. The molecule has 152 valence electrons. The maximum atomic E-state index is 9.34. The highest BCUT2D eigenvalue weighted by atomic mass is 32.2. The van der Waals surface area contributed by atoms with E-state index in [2.05, 4.69) is 31.3 Å². The number of nitrogens with zero attached hydrogens (tertiary/aromatic N) is 3. The lowest BCUT2D eigenvalue weighted by Crippen LogP contribution is -2.43. The number of hydrogen-bond donors (Lipinski definition) is 2. The number of anilines is 2. The molecule has 0 radical (unpaired) electrons. The molecule has 6 nitrogen and oxygen atoms in total. The monoisotopic (exact) mass is 402 g/mol. The summed E-state index contributed by atoms with van der Waals surface area (Å²) in [5.41, 5.74) is 6.75. The fourth-order valence-electron chi connectivity index (χ4n) is 2.30. The van der Waals surface area contributed by atoms with Gasteiger partial charge in [-0.25, -0.2) is 9.29 Å². The summed E-state index contributed by atoms with van der Waals surface area (Å²) in [6, 6.07) is 11.2. The van der Waals surface area contributed by atoms with Gasteiger partial charge in [-0.2, -0.15) is 0 Å². The number of hydrogen-bond acceptors (Lipinski definition) is 7. The number of aromatic nitrogens is 1. The Kier molecular flexibility index (Phi) is 11.6. The number of rotatable bonds is 4. The molecule has 1 fully saturated rings. The Morgan fingerprint density at radius 3 is 2.21 bits per heavy atom. The molecular weight excluding hydrogens is 372 g/mol. The van der Waals surface area contributed by atoms with Gasteiger partial charge in [0.05, 0.1) is 0 Å². The van der Waals surface area contributed by atoms with Crippen LogP contribution < -0.4 is 10.6 Å². The summed E-state index contributed by atoms with van der Waals surface area (Å²) in [5.74, 6) is 3.11. The van der Waals surface area contributed by atoms with E-state index >= 15 is 0 Å². The van der Waals surface area contributed by atoms with Crippen LogP contribution in [0.25, 0.3) is 0 Å². The number of nitrogens with two attached hydrogens (primary N) is 1. The summed E-state index contributed by atoms with van der Waals surface area (Å²) in [4.78, 5) is 7.56. The predicted molar refractivity (Wildman–Crippen MR) is 118 cm³/mol. The van der Waals surface area contributed by atoms with Crippen molar-refractivity contribution >= 4 is 23.5 Å². The second-order valence-electron chi connectivity index (χ2n) is 5.81. The lowest BCUT2D eigenvalue weighted by atomic mass is 10.2. The molecule has 2 heterocycles. The van der Waals surface area contributed by atoms with E-state index in [4.69, 9.17) is 5.73 Å². The fourth-order valence-corrected chi connectivity index (χ4v) is 3.17. The van der Waals surface area contributed by atoms with Gasteiger partial charge < -0.3 is 20.5 Å². The molecule has 28 heavy (non-hydrogen) atoms. The van der Waals surface area contributed by atoms with Crippen molar-refractivity contribution in [2.75, 3.05) is 50.5 Å². The molecule has 3 N–H and O–H groups in total. The predicted octanol–water partition coefficient (Wildman–Crippen LogP) is 3.49. The quantitative estimate of drug-likeness (QED) is 0.599. The van der Waals surface area contributed by atoms with E-state index < -0.39 is 0 Å². The summed E-state index contributed by atoms with van der Waals surface area (Å²) in [6.45, 7) is 8.34. The van der Waals surface area contributed by atoms with Crippen LogP contribution in [-0.2, 0) is 4.74 Å². The largest absolute Gasteiger partial charge is 0.508 e. The van der Waals surface area contributed by atoms with Gasteiger partial charge in [0.15, 0.2) is 0 Å². The SMILES string of the molecule is C#CC.CCOC.Nc1ccc(SN2CCN(c3ccc(O)cc3)CC2)cn1. The molecule has 0 aliphatic carbocycles. The maximum Gasteiger partial charge on any atom is 0.123 e. The van der Waals surface area contributed by atoms with Crippen molar-refractivity contribution < 1.29 is 9.84 Å². The Balaban J connectivity index is 0.000000489. The maximum absolute atomic E-state index is 9.34. The van der Waals surface area contributed by atoms with E-state index in [1.165, 1.54) is 0 Å². The summed E-state index contributed by atoms with van der Waals surface area (Å²) in [5, 5.41) is 9.34. The normalized spacial score (nSPS) is 13.4. The van der Waals surface area contributed by atoms with Crippen LogP contribution in [0.4, 0.5) is 11.5 Å². The zero-order valence-electron chi connectivity index (χ0n) is 16.8. The molecule has 1 aromatic heterocycles. The summed E-state index contributed by atoms with van der Waals surface area (Å²) in [6.07, 6.45) is 6.41. The zero-order valence-corrected chi connectivity index (χ0v) is 17.7. The fraction of sp³-hybridized carbons (Fsp3) is 0.381. The first-order valence-electron chi connectivity index (χ1n) is 9.08. The highest BCUT2D eigenvalue weighted by Crippen LogP contribution is 2.26. The van der Waals surface area contributed by atoms with Gasteiger partial charge in [-0.15, -0.1) is 12.3 Å². The number of aromatic hydroxyl groups is 1. The number of piperazine rings is 1. The Labute approximate surface area is 172 Å². The second kappa shape index (κ2) is 13.7. The van der Waals surface area contributed by atoms with Crippen molar-refractivity contribution in [3.8, 4) is 18.1 Å². The molecule has 3 rings (SSSR count).